The summed E-state index contributed by atoms with van der Waals surface area (Å²) < 4.78 is 0. The van der Waals surface area contributed by atoms with E-state index in [4.69, 9.17) is 0 Å². The van der Waals surface area contributed by atoms with Crippen LogP contribution in [-0.4, -0.2) is 0 Å². The van der Waals surface area contributed by atoms with Crippen molar-refractivity contribution < 1.29 is 71.4 Å². The Morgan fingerprint density at radius 3 is 0.375 bits per heavy atom. The van der Waals surface area contributed by atoms with E-state index in [1.54, 1.807) is 0 Å². The third kappa shape index (κ3) is 51.3. The molecule has 8 heavy (non-hydrogen) atoms. The van der Waals surface area contributed by atoms with Crippen LogP contribution >= 0.6 is 39.6 Å². The fraction of sp³-hybridized carbons (Fsp3) is 0. The van der Waals surface area contributed by atoms with E-state index in [0.717, 1.165) is 0 Å². The van der Waals surface area contributed by atoms with Gasteiger partial charge in [-0.05, 0) is 0 Å². The summed E-state index contributed by atoms with van der Waals surface area (Å²) >= 11 is 0. The first-order chi connectivity index (χ1) is 0. The summed E-state index contributed by atoms with van der Waals surface area (Å²) in [6.45, 7) is 0. The molecule has 0 aromatic heterocycles. The molecule has 0 aromatic rings. The summed E-state index contributed by atoms with van der Waals surface area (Å²) in [5.41, 5.74) is 0. The maximum Gasteiger partial charge on any atom is 2.00 e. The van der Waals surface area contributed by atoms with E-state index < -0.39 is 0 Å². The normalized spacial score (nSPS) is 0. The minimum absolute atomic E-state index is 0. The van der Waals surface area contributed by atoms with Crippen molar-refractivity contribution in [3.8, 4) is 0 Å². The second-order valence-electron chi connectivity index (χ2n) is 0. The molecule has 0 aromatic carbocycles. The van der Waals surface area contributed by atoms with Crippen molar-refractivity contribution in [3.63, 3.8) is 0 Å². The first kappa shape index (κ1) is 92.3. The van der Waals surface area contributed by atoms with E-state index in [9.17, 15) is 0 Å². The van der Waals surface area contributed by atoms with E-state index in [2.05, 4.69) is 0 Å². The molecule has 0 rings (SSSR count). The Morgan fingerprint density at radius 1 is 0.375 bits per heavy atom. The SMILES string of the molecule is [Co+2].[Co+2].[Co+2].[P-3].[P-3].[P-3].[P-3].[W]. The zero-order chi connectivity index (χ0) is 0. The Kier molecular flexibility index (Phi) is 806. The van der Waals surface area contributed by atoms with Gasteiger partial charge in [-0.25, -0.2) is 0 Å². The fourth-order valence-electron chi connectivity index (χ4n) is 0. The summed E-state index contributed by atoms with van der Waals surface area (Å²) in [5, 5.41) is 0. The van der Waals surface area contributed by atoms with E-state index in [1.165, 1.54) is 0 Å². The van der Waals surface area contributed by atoms with Gasteiger partial charge in [0, 0.05) is 21.1 Å². The van der Waals surface area contributed by atoms with E-state index in [1.807, 2.05) is 0 Å². The Labute approximate surface area is 110 Å². The summed E-state index contributed by atoms with van der Waals surface area (Å²) in [6.07, 6.45) is 0. The molecule has 3 radical (unpaired) electrons. The van der Waals surface area contributed by atoms with Crippen LogP contribution in [0.5, 0.6) is 0 Å². The first-order valence-electron chi connectivity index (χ1n) is 0. The largest absolute Gasteiger partial charge is 3.00 e. The van der Waals surface area contributed by atoms with Gasteiger partial charge in [0.2, 0.25) is 0 Å². The van der Waals surface area contributed by atoms with Crippen molar-refractivity contribution in [2.75, 3.05) is 0 Å². The molecule has 0 atom stereocenters. The van der Waals surface area contributed by atoms with Gasteiger partial charge in [0.05, 0.1) is 0 Å². The summed E-state index contributed by atoms with van der Waals surface area (Å²) in [6, 6.07) is 0. The van der Waals surface area contributed by atoms with E-state index in [0.29, 0.717) is 0 Å². The molecule has 0 saturated carbocycles. The average molecular weight is 485 g/mol. The Hall–Kier alpha value is 3.93. The third-order valence-corrected chi connectivity index (χ3v) is 0. The van der Waals surface area contributed by atoms with Crippen molar-refractivity contribution in [2.24, 2.45) is 0 Å². The zero-order valence-corrected chi connectivity index (χ0v) is 12.8. The van der Waals surface area contributed by atoms with Crippen LogP contribution in [0.2, 0.25) is 0 Å². The molecular weight excluding hydrogens is 485 g/mol. The third-order valence-electron chi connectivity index (χ3n) is 0. The predicted octanol–water partition coefficient (Wildman–Crippen LogP) is 3.43. The van der Waals surface area contributed by atoms with Crippen molar-refractivity contribution in [1.82, 2.24) is 0 Å². The molecule has 8 heteroatoms. The maximum atomic E-state index is 0. The molecule has 0 unspecified atom stereocenters. The number of hydrogen-bond donors (Lipinski definition) is 0. The van der Waals surface area contributed by atoms with Crippen molar-refractivity contribution in [3.05, 3.63) is 0 Å². The topological polar surface area (TPSA) is 0 Å². The van der Waals surface area contributed by atoms with Crippen LogP contribution in [0.4, 0.5) is 0 Å². The van der Waals surface area contributed by atoms with Crippen LogP contribution in [0.1, 0.15) is 0 Å². The van der Waals surface area contributed by atoms with Gasteiger partial charge in [-0.3, -0.25) is 0 Å². The Balaban J connectivity index is 0. The fourth-order valence-corrected chi connectivity index (χ4v) is 0. The number of rotatable bonds is 0. The van der Waals surface area contributed by atoms with E-state index >= 15 is 0 Å². The standard InChI is InChI=1S/3Co.4P.W/q3*+2;4*-3;. The summed E-state index contributed by atoms with van der Waals surface area (Å²) in [5.74, 6) is 0. The predicted molar refractivity (Wildman–Crippen MR) is 27.7 cm³/mol. The van der Waals surface area contributed by atoms with Crippen molar-refractivity contribution >= 4 is 39.6 Å². The van der Waals surface area contributed by atoms with Crippen LogP contribution < -0.4 is 0 Å². The van der Waals surface area contributed by atoms with Gasteiger partial charge in [-0.2, -0.15) is 0 Å². The molecule has 0 spiro atoms. The molecule has 0 aliphatic carbocycles. The second-order valence-corrected chi connectivity index (χ2v) is 0. The molecule has 0 heterocycles. The molecule has 0 saturated heterocycles. The van der Waals surface area contributed by atoms with Crippen LogP contribution in [0.25, 0.3) is 0 Å². The van der Waals surface area contributed by atoms with Crippen LogP contribution in [0, 0.1) is 0 Å². The molecule has 0 nitrogen and oxygen atoms in total. The summed E-state index contributed by atoms with van der Waals surface area (Å²) in [4.78, 5) is 0. The van der Waals surface area contributed by atoms with Crippen molar-refractivity contribution in [1.29, 1.82) is 0 Å². The monoisotopic (exact) mass is 485 g/mol. The minimum atomic E-state index is 0. The Morgan fingerprint density at radius 2 is 0.375 bits per heavy atom. The zero-order valence-electron chi connectivity index (χ0n) is 3.20. The Bertz CT molecular complexity index is 11.2. The summed E-state index contributed by atoms with van der Waals surface area (Å²) in [7, 11) is 0. The van der Waals surface area contributed by atoms with Gasteiger partial charge in [0.15, 0.2) is 0 Å². The van der Waals surface area contributed by atoms with Gasteiger partial charge < -0.3 is 39.6 Å². The minimum Gasteiger partial charge on any atom is -3.00 e. The smallest absolute Gasteiger partial charge is 2.00 e. The molecule has 0 amide bonds. The second kappa shape index (κ2) is 69.8. The first-order valence-corrected chi connectivity index (χ1v) is 0. The molecule has 0 aliphatic heterocycles. The molecule has 0 fully saturated rings. The molecular formula is Co3P4W-6. The molecule has 0 N–H and O–H groups in total. The van der Waals surface area contributed by atoms with Crippen LogP contribution in [0.3, 0.4) is 0 Å². The van der Waals surface area contributed by atoms with Gasteiger partial charge in [-0.1, -0.05) is 0 Å². The van der Waals surface area contributed by atoms with Crippen molar-refractivity contribution in [2.45, 2.75) is 0 Å². The quantitative estimate of drug-likeness (QED) is 0.463. The molecule has 0 bridgehead atoms. The number of hydrogen-bond acceptors (Lipinski definition) is 0. The molecule has 59 valence electrons. The molecule has 0 aliphatic rings. The van der Waals surface area contributed by atoms with E-state index in [-0.39, 0.29) is 111 Å². The van der Waals surface area contributed by atoms with Gasteiger partial charge in [-0.15, -0.1) is 0 Å². The van der Waals surface area contributed by atoms with Gasteiger partial charge in [0.25, 0.3) is 0 Å². The maximum absolute atomic E-state index is 0. The van der Waals surface area contributed by atoms with Gasteiger partial charge >= 0.3 is 50.3 Å². The van der Waals surface area contributed by atoms with Crippen LogP contribution in [0.15, 0.2) is 0 Å². The van der Waals surface area contributed by atoms with Gasteiger partial charge in [0.1, 0.15) is 0 Å². The average Bonchev–Trinajstić information content (AvgIpc) is 0. The van der Waals surface area contributed by atoms with Crippen LogP contribution in [-0.2, 0) is 71.4 Å².